The first-order valence-electron chi connectivity index (χ1n) is 6.72. The number of nitrogens with one attached hydrogen (secondary N) is 1. The van der Waals surface area contributed by atoms with Crippen LogP contribution in [0.5, 0.6) is 5.75 Å². The number of hydrogen-bond donors (Lipinski definition) is 1. The summed E-state index contributed by atoms with van der Waals surface area (Å²) in [6.07, 6.45) is 0. The highest BCUT2D eigenvalue weighted by molar-refractivity contribution is 9.10. The van der Waals surface area contributed by atoms with Gasteiger partial charge in [0, 0.05) is 10.2 Å². The van der Waals surface area contributed by atoms with Gasteiger partial charge < -0.3 is 10.1 Å². The van der Waals surface area contributed by atoms with Gasteiger partial charge in [-0.15, -0.1) is 0 Å². The van der Waals surface area contributed by atoms with Crippen molar-refractivity contribution in [1.29, 1.82) is 0 Å². The van der Waals surface area contributed by atoms with Crippen LogP contribution in [0.4, 0.5) is 5.69 Å². The Morgan fingerprint density at radius 1 is 1.10 bits per heavy atom. The third kappa shape index (κ3) is 4.33. The lowest BCUT2D eigenvalue weighted by Crippen LogP contribution is -2.21. The molecule has 2 aromatic carbocycles. The summed E-state index contributed by atoms with van der Waals surface area (Å²) in [5.74, 6) is 0.513. The van der Waals surface area contributed by atoms with Crippen LogP contribution in [0, 0.1) is 20.8 Å². The van der Waals surface area contributed by atoms with Crippen LogP contribution in [-0.2, 0) is 4.79 Å². The van der Waals surface area contributed by atoms with Gasteiger partial charge in [0.05, 0.1) is 0 Å². The summed E-state index contributed by atoms with van der Waals surface area (Å²) in [4.78, 5) is 12.0. The van der Waals surface area contributed by atoms with Crippen LogP contribution in [0.1, 0.15) is 16.7 Å². The molecule has 1 N–H and O–H groups in total. The Labute approximate surface area is 133 Å². The zero-order valence-corrected chi connectivity index (χ0v) is 14.0. The molecule has 0 aromatic heterocycles. The van der Waals surface area contributed by atoms with Gasteiger partial charge >= 0.3 is 0 Å². The van der Waals surface area contributed by atoms with E-state index in [1.54, 1.807) is 0 Å². The van der Waals surface area contributed by atoms with E-state index in [9.17, 15) is 4.79 Å². The molecule has 2 aromatic rings. The summed E-state index contributed by atoms with van der Waals surface area (Å²) in [6, 6.07) is 11.5. The van der Waals surface area contributed by atoms with Gasteiger partial charge in [-0.25, -0.2) is 0 Å². The zero-order valence-electron chi connectivity index (χ0n) is 12.4. The number of amides is 1. The number of hydrogen-bond acceptors (Lipinski definition) is 2. The van der Waals surface area contributed by atoms with E-state index in [2.05, 4.69) is 33.4 Å². The van der Waals surface area contributed by atoms with E-state index in [-0.39, 0.29) is 12.5 Å². The van der Waals surface area contributed by atoms with Gasteiger partial charge in [0.1, 0.15) is 5.75 Å². The monoisotopic (exact) mass is 347 g/mol. The van der Waals surface area contributed by atoms with Crippen LogP contribution in [0.25, 0.3) is 0 Å². The van der Waals surface area contributed by atoms with E-state index < -0.39 is 0 Å². The molecule has 0 radical (unpaired) electrons. The van der Waals surface area contributed by atoms with Crippen molar-refractivity contribution in [2.45, 2.75) is 20.8 Å². The maximum Gasteiger partial charge on any atom is 0.262 e. The first-order valence-corrected chi connectivity index (χ1v) is 7.51. The summed E-state index contributed by atoms with van der Waals surface area (Å²) in [6.45, 7) is 6.02. The molecule has 0 aliphatic carbocycles. The molecule has 0 fully saturated rings. The van der Waals surface area contributed by atoms with Crippen LogP contribution in [0.15, 0.2) is 40.9 Å². The number of benzene rings is 2. The summed E-state index contributed by atoms with van der Waals surface area (Å²) in [5.41, 5.74) is 4.17. The lowest BCUT2D eigenvalue weighted by atomic mass is 10.1. The fourth-order valence-corrected chi connectivity index (χ4v) is 2.50. The Hall–Kier alpha value is -1.81. The quantitative estimate of drug-likeness (QED) is 0.890. The Balaban J connectivity index is 1.97. The van der Waals surface area contributed by atoms with Gasteiger partial charge in [-0.05, 0) is 56.2 Å². The van der Waals surface area contributed by atoms with Crippen molar-refractivity contribution in [2.24, 2.45) is 0 Å². The minimum absolute atomic E-state index is 0.00557. The maximum atomic E-state index is 12.0. The number of rotatable bonds is 4. The summed E-state index contributed by atoms with van der Waals surface area (Å²) < 4.78 is 6.44. The van der Waals surface area contributed by atoms with Gasteiger partial charge in [0.2, 0.25) is 0 Å². The summed E-state index contributed by atoms with van der Waals surface area (Å²) in [7, 11) is 0. The average molecular weight is 348 g/mol. The van der Waals surface area contributed by atoms with E-state index in [1.807, 2.05) is 45.0 Å². The number of halogens is 1. The van der Waals surface area contributed by atoms with E-state index in [0.717, 1.165) is 21.3 Å². The van der Waals surface area contributed by atoms with Gasteiger partial charge in [-0.1, -0.05) is 33.6 Å². The first kappa shape index (κ1) is 15.6. The second-order valence-electron chi connectivity index (χ2n) is 5.06. The van der Waals surface area contributed by atoms with Crippen LogP contribution < -0.4 is 10.1 Å². The predicted octanol–water partition coefficient (Wildman–Crippen LogP) is 4.39. The predicted molar refractivity (Wildman–Crippen MR) is 88.9 cm³/mol. The lowest BCUT2D eigenvalue weighted by molar-refractivity contribution is -0.118. The number of anilines is 1. The van der Waals surface area contributed by atoms with Crippen LogP contribution >= 0.6 is 15.9 Å². The molecular formula is C17H18BrNO2. The summed E-state index contributed by atoms with van der Waals surface area (Å²) >= 11 is 3.36. The zero-order chi connectivity index (χ0) is 15.4. The van der Waals surface area contributed by atoms with Crippen molar-refractivity contribution in [1.82, 2.24) is 0 Å². The normalized spacial score (nSPS) is 10.3. The molecule has 0 heterocycles. The minimum atomic E-state index is -0.159. The number of carbonyl (C=O) groups excluding carboxylic acids is 1. The largest absolute Gasteiger partial charge is 0.484 e. The van der Waals surface area contributed by atoms with Crippen molar-refractivity contribution in [2.75, 3.05) is 11.9 Å². The molecular weight excluding hydrogens is 330 g/mol. The Morgan fingerprint density at radius 2 is 1.67 bits per heavy atom. The highest BCUT2D eigenvalue weighted by Gasteiger charge is 2.09. The molecule has 0 unspecified atom stereocenters. The Bertz CT molecular complexity index is 627. The van der Waals surface area contributed by atoms with Gasteiger partial charge in [0.15, 0.2) is 6.61 Å². The molecule has 3 nitrogen and oxygen atoms in total. The number of aryl methyl sites for hydroxylation is 3. The minimum Gasteiger partial charge on any atom is -0.484 e. The molecule has 0 saturated heterocycles. The molecule has 0 bridgehead atoms. The Morgan fingerprint density at radius 3 is 2.24 bits per heavy atom. The molecule has 0 saturated carbocycles. The molecule has 4 heteroatoms. The topological polar surface area (TPSA) is 38.3 Å². The van der Waals surface area contributed by atoms with Gasteiger partial charge in [-0.3, -0.25) is 4.79 Å². The highest BCUT2D eigenvalue weighted by atomic mass is 79.9. The Kier molecular flexibility index (Phi) is 5.02. The van der Waals surface area contributed by atoms with Crippen molar-refractivity contribution >= 4 is 27.5 Å². The fraction of sp³-hybridized carbons (Fsp3) is 0.235. The van der Waals surface area contributed by atoms with Crippen molar-refractivity contribution in [3.05, 3.63) is 57.6 Å². The molecule has 0 atom stereocenters. The van der Waals surface area contributed by atoms with Crippen LogP contribution in [0.2, 0.25) is 0 Å². The molecule has 110 valence electrons. The molecule has 21 heavy (non-hydrogen) atoms. The molecule has 2 rings (SSSR count). The van der Waals surface area contributed by atoms with Crippen molar-refractivity contribution in [3.8, 4) is 5.75 Å². The van der Waals surface area contributed by atoms with Crippen LogP contribution in [0.3, 0.4) is 0 Å². The van der Waals surface area contributed by atoms with E-state index in [4.69, 9.17) is 4.74 Å². The van der Waals surface area contributed by atoms with E-state index >= 15 is 0 Å². The third-order valence-electron chi connectivity index (χ3n) is 3.13. The molecule has 0 aliphatic heterocycles. The SMILES string of the molecule is Cc1cc(C)c(NC(=O)COc2ccc(Br)cc2)c(C)c1. The number of ether oxygens (including phenoxy) is 1. The van der Waals surface area contributed by atoms with E-state index in [1.165, 1.54) is 5.56 Å². The average Bonchev–Trinajstić information content (AvgIpc) is 2.42. The second-order valence-corrected chi connectivity index (χ2v) is 5.98. The summed E-state index contributed by atoms with van der Waals surface area (Å²) in [5, 5.41) is 2.91. The molecule has 1 amide bonds. The maximum absolute atomic E-state index is 12.0. The smallest absolute Gasteiger partial charge is 0.262 e. The fourth-order valence-electron chi connectivity index (χ4n) is 2.23. The standard InChI is InChI=1S/C17H18BrNO2/c1-11-8-12(2)17(13(3)9-11)19-16(20)10-21-15-6-4-14(18)5-7-15/h4-9H,10H2,1-3H3,(H,19,20). The third-order valence-corrected chi connectivity index (χ3v) is 3.65. The first-order chi connectivity index (χ1) is 9.95. The van der Waals surface area contributed by atoms with Gasteiger partial charge in [-0.2, -0.15) is 0 Å². The second kappa shape index (κ2) is 6.76. The van der Waals surface area contributed by atoms with Crippen LogP contribution in [-0.4, -0.2) is 12.5 Å². The molecule has 0 spiro atoms. The van der Waals surface area contributed by atoms with Crippen molar-refractivity contribution in [3.63, 3.8) is 0 Å². The van der Waals surface area contributed by atoms with E-state index in [0.29, 0.717) is 5.75 Å². The lowest BCUT2D eigenvalue weighted by Gasteiger charge is -2.13. The highest BCUT2D eigenvalue weighted by Crippen LogP contribution is 2.22. The molecule has 0 aliphatic rings. The van der Waals surface area contributed by atoms with Crippen molar-refractivity contribution < 1.29 is 9.53 Å². The number of carbonyl (C=O) groups is 1. The van der Waals surface area contributed by atoms with Gasteiger partial charge in [0.25, 0.3) is 5.91 Å².